The lowest BCUT2D eigenvalue weighted by atomic mass is 9.84. The fraction of sp³-hybridized carbons (Fsp3) is 0.636. The van der Waals surface area contributed by atoms with Gasteiger partial charge in [0, 0.05) is 26.6 Å². The number of carbonyl (C=O) groups excluding carboxylic acids is 4. The molecule has 1 aliphatic heterocycles. The molecule has 0 radical (unpaired) electrons. The number of methoxy groups -OCH3 is 1. The zero-order chi connectivity index (χ0) is 42.8. The standard InChI is InChI=1S/C44H66N4O11/c1-43(2,3)39(47-38(49)30-53-7)41(51)48-29-33-27-34(16-15-32(33)28-37(48)40(50)46-36-14-10-12-31-11-8-9-13-35(31)36)58-26-25-57-24-23-56-22-21-55-20-19-54-18-17-45-42(52)59-44(4,5)6/h8-9,11,13,15-16,27,36-37,39H,10,12,14,17-26,28-30H2,1-7H3,(H,45,52)(H,46,50)(H,47,49)/t36-,37+,39-/m1/s1. The number of carbonyl (C=O) groups is 4. The molecule has 15 nitrogen and oxygen atoms in total. The summed E-state index contributed by atoms with van der Waals surface area (Å²) in [7, 11) is 1.43. The summed E-state index contributed by atoms with van der Waals surface area (Å²) in [5.41, 5.74) is 3.00. The van der Waals surface area contributed by atoms with E-state index < -0.39 is 35.1 Å². The van der Waals surface area contributed by atoms with Crippen molar-refractivity contribution in [3.05, 3.63) is 64.7 Å². The predicted molar refractivity (Wildman–Crippen MR) is 221 cm³/mol. The molecule has 0 saturated carbocycles. The van der Waals surface area contributed by atoms with Crippen molar-refractivity contribution in [1.29, 1.82) is 0 Å². The van der Waals surface area contributed by atoms with Crippen molar-refractivity contribution in [3.8, 4) is 5.75 Å². The van der Waals surface area contributed by atoms with Gasteiger partial charge >= 0.3 is 6.09 Å². The number of alkyl carbamates (subject to hydrolysis) is 1. The third-order valence-electron chi connectivity index (χ3n) is 9.80. The maximum Gasteiger partial charge on any atom is 0.407 e. The van der Waals surface area contributed by atoms with Gasteiger partial charge in [0.1, 0.15) is 36.6 Å². The molecule has 15 heteroatoms. The summed E-state index contributed by atoms with van der Waals surface area (Å²) in [5, 5.41) is 8.78. The van der Waals surface area contributed by atoms with Crippen molar-refractivity contribution >= 4 is 23.8 Å². The molecule has 4 amide bonds. The molecule has 2 aromatic carbocycles. The number of fused-ring (bicyclic) bond motifs is 2. The lowest BCUT2D eigenvalue weighted by Crippen LogP contribution is -2.61. The number of hydrogen-bond donors (Lipinski definition) is 3. The number of ether oxygens (including phenoxy) is 7. The fourth-order valence-electron chi connectivity index (χ4n) is 6.96. The molecule has 2 aromatic rings. The van der Waals surface area contributed by atoms with E-state index in [-0.39, 0.29) is 31.0 Å². The van der Waals surface area contributed by atoms with E-state index in [1.54, 1.807) is 4.90 Å². The van der Waals surface area contributed by atoms with E-state index in [1.165, 1.54) is 12.7 Å². The van der Waals surface area contributed by atoms with Crippen LogP contribution >= 0.6 is 0 Å². The first-order valence-corrected chi connectivity index (χ1v) is 20.7. The monoisotopic (exact) mass is 826 g/mol. The zero-order valence-electron chi connectivity index (χ0n) is 36.0. The topological polar surface area (TPSA) is 172 Å². The number of amides is 4. The summed E-state index contributed by atoms with van der Waals surface area (Å²) in [6.07, 6.45) is 2.61. The first-order chi connectivity index (χ1) is 28.2. The van der Waals surface area contributed by atoms with E-state index in [1.807, 2.05) is 71.9 Å². The Kier molecular flexibility index (Phi) is 18.9. The summed E-state index contributed by atoms with van der Waals surface area (Å²) < 4.78 is 38.4. The Bertz CT molecular complexity index is 1660. The molecule has 3 atom stereocenters. The van der Waals surface area contributed by atoms with E-state index in [2.05, 4.69) is 28.1 Å². The average molecular weight is 827 g/mol. The normalized spacial score (nSPS) is 17.0. The van der Waals surface area contributed by atoms with Crippen LogP contribution in [-0.2, 0) is 62.2 Å². The second kappa shape index (κ2) is 23.5. The quantitative estimate of drug-likeness (QED) is 0.145. The van der Waals surface area contributed by atoms with E-state index in [0.717, 1.165) is 36.0 Å². The number of rotatable bonds is 22. The van der Waals surface area contributed by atoms with Crippen LogP contribution in [0.2, 0.25) is 0 Å². The van der Waals surface area contributed by atoms with Gasteiger partial charge in [0.2, 0.25) is 17.7 Å². The number of aryl methyl sites for hydroxylation is 1. The maximum absolute atomic E-state index is 14.5. The number of benzene rings is 2. The SMILES string of the molecule is COCC(=O)N[C@H](C(=O)N1Cc2cc(OCCOCCOCCOCCOCCNC(=O)OC(C)(C)C)ccc2C[C@H]1C(=O)N[C@@H]1CCCc2ccccc21)C(C)(C)C. The molecule has 0 unspecified atom stereocenters. The maximum atomic E-state index is 14.5. The van der Waals surface area contributed by atoms with Crippen LogP contribution in [-0.4, -0.2) is 126 Å². The van der Waals surface area contributed by atoms with Gasteiger partial charge in [-0.15, -0.1) is 0 Å². The van der Waals surface area contributed by atoms with Crippen molar-refractivity contribution in [2.75, 3.05) is 79.7 Å². The predicted octanol–water partition coefficient (Wildman–Crippen LogP) is 4.28. The molecule has 2 aliphatic rings. The van der Waals surface area contributed by atoms with Gasteiger partial charge in [-0.25, -0.2) is 4.79 Å². The molecular weight excluding hydrogens is 761 g/mol. The van der Waals surface area contributed by atoms with Crippen LogP contribution in [0.1, 0.15) is 82.7 Å². The van der Waals surface area contributed by atoms with Gasteiger partial charge in [-0.05, 0) is 79.8 Å². The average Bonchev–Trinajstić information content (AvgIpc) is 3.18. The molecule has 328 valence electrons. The first-order valence-electron chi connectivity index (χ1n) is 20.7. The van der Waals surface area contributed by atoms with Gasteiger partial charge in [0.25, 0.3) is 0 Å². The summed E-state index contributed by atoms with van der Waals surface area (Å²) in [6, 6.07) is 12.1. The molecule has 0 bridgehead atoms. The molecule has 0 aromatic heterocycles. The van der Waals surface area contributed by atoms with E-state index in [4.69, 9.17) is 33.2 Å². The Balaban J connectivity index is 1.23. The van der Waals surface area contributed by atoms with E-state index in [0.29, 0.717) is 78.2 Å². The van der Waals surface area contributed by atoms with Crippen molar-refractivity contribution in [2.45, 2.75) is 97.5 Å². The summed E-state index contributed by atoms with van der Waals surface area (Å²) in [5.74, 6) is -0.332. The molecule has 3 N–H and O–H groups in total. The third kappa shape index (κ3) is 16.0. The highest BCUT2D eigenvalue weighted by molar-refractivity contribution is 5.93. The molecule has 1 aliphatic carbocycles. The smallest absolute Gasteiger partial charge is 0.407 e. The Hall–Kier alpha value is -4.28. The van der Waals surface area contributed by atoms with Crippen LogP contribution in [0.25, 0.3) is 0 Å². The van der Waals surface area contributed by atoms with E-state index in [9.17, 15) is 19.2 Å². The first kappa shape index (κ1) is 47.4. The summed E-state index contributed by atoms with van der Waals surface area (Å²) in [4.78, 5) is 54.6. The largest absolute Gasteiger partial charge is 0.491 e. The van der Waals surface area contributed by atoms with Crippen LogP contribution in [0.4, 0.5) is 4.79 Å². The van der Waals surface area contributed by atoms with E-state index >= 15 is 0 Å². The van der Waals surface area contributed by atoms with Gasteiger partial charge in [-0.3, -0.25) is 14.4 Å². The third-order valence-corrected chi connectivity index (χ3v) is 9.80. The van der Waals surface area contributed by atoms with Gasteiger partial charge in [0.15, 0.2) is 0 Å². The zero-order valence-corrected chi connectivity index (χ0v) is 36.0. The summed E-state index contributed by atoms with van der Waals surface area (Å²) >= 11 is 0. The molecule has 4 rings (SSSR count). The molecular formula is C44H66N4O11. The van der Waals surface area contributed by atoms with Crippen LogP contribution in [0.15, 0.2) is 42.5 Å². The van der Waals surface area contributed by atoms with Crippen LogP contribution in [0, 0.1) is 5.41 Å². The highest BCUT2D eigenvalue weighted by Gasteiger charge is 2.42. The molecule has 0 saturated heterocycles. The number of nitrogens with zero attached hydrogens (tertiary/aromatic N) is 1. The molecule has 0 spiro atoms. The Morgan fingerprint density at radius 3 is 2.08 bits per heavy atom. The van der Waals surface area contributed by atoms with Crippen LogP contribution in [0.3, 0.4) is 0 Å². The van der Waals surface area contributed by atoms with Gasteiger partial charge in [-0.2, -0.15) is 0 Å². The minimum atomic E-state index is -0.891. The number of nitrogens with one attached hydrogen (secondary N) is 3. The van der Waals surface area contributed by atoms with Gasteiger partial charge < -0.3 is 54.0 Å². The highest BCUT2D eigenvalue weighted by atomic mass is 16.6. The lowest BCUT2D eigenvalue weighted by Gasteiger charge is -2.41. The second-order valence-corrected chi connectivity index (χ2v) is 16.8. The lowest BCUT2D eigenvalue weighted by molar-refractivity contribution is -0.147. The van der Waals surface area contributed by atoms with Gasteiger partial charge in [-0.1, -0.05) is 51.1 Å². The van der Waals surface area contributed by atoms with Gasteiger partial charge in [0.05, 0.1) is 58.9 Å². The highest BCUT2D eigenvalue weighted by Crippen LogP contribution is 2.33. The van der Waals surface area contributed by atoms with Crippen molar-refractivity contribution < 1.29 is 52.3 Å². The Labute approximate surface area is 349 Å². The molecule has 59 heavy (non-hydrogen) atoms. The van der Waals surface area contributed by atoms with Crippen LogP contribution < -0.4 is 20.7 Å². The van der Waals surface area contributed by atoms with Crippen molar-refractivity contribution in [2.24, 2.45) is 5.41 Å². The Morgan fingerprint density at radius 1 is 0.797 bits per heavy atom. The fourth-order valence-corrected chi connectivity index (χ4v) is 6.96. The minimum Gasteiger partial charge on any atom is -0.491 e. The second-order valence-electron chi connectivity index (χ2n) is 16.8. The van der Waals surface area contributed by atoms with Crippen molar-refractivity contribution in [3.63, 3.8) is 0 Å². The Morgan fingerprint density at radius 2 is 1.44 bits per heavy atom. The molecule has 0 fully saturated rings. The number of hydrogen-bond acceptors (Lipinski definition) is 11. The minimum absolute atomic E-state index is 0.144. The summed E-state index contributed by atoms with van der Waals surface area (Å²) in [6.45, 7) is 14.9. The molecule has 1 heterocycles. The van der Waals surface area contributed by atoms with Crippen LogP contribution in [0.5, 0.6) is 5.75 Å². The van der Waals surface area contributed by atoms with Crippen molar-refractivity contribution in [1.82, 2.24) is 20.9 Å².